The Labute approximate surface area is 136 Å². The summed E-state index contributed by atoms with van der Waals surface area (Å²) in [6.45, 7) is 1.12. The van der Waals surface area contributed by atoms with Gasteiger partial charge in [0.05, 0.1) is 17.0 Å². The molecule has 3 heterocycles. The first kappa shape index (κ1) is 15.3. The number of nitrogens with zero attached hydrogens (tertiary/aromatic N) is 4. The van der Waals surface area contributed by atoms with Gasteiger partial charge in [0.1, 0.15) is 6.07 Å². The Kier molecular flexibility index (Phi) is 4.38. The summed E-state index contributed by atoms with van der Waals surface area (Å²) in [4.78, 5) is 6.78. The third-order valence-corrected chi connectivity index (χ3v) is 5.72. The Morgan fingerprint density at radius 3 is 2.64 bits per heavy atom. The summed E-state index contributed by atoms with van der Waals surface area (Å²) in [6, 6.07) is 7.57. The highest BCUT2D eigenvalue weighted by Gasteiger charge is 2.49. The van der Waals surface area contributed by atoms with Crippen LogP contribution in [0, 0.1) is 22.7 Å². The van der Waals surface area contributed by atoms with Gasteiger partial charge in [0, 0.05) is 36.8 Å². The van der Waals surface area contributed by atoms with Crippen molar-refractivity contribution in [1.29, 1.82) is 10.5 Å². The maximum atomic E-state index is 9.90. The Bertz CT molecular complexity index is 616. The topological polar surface area (TPSA) is 63.7 Å². The van der Waals surface area contributed by atoms with E-state index in [4.69, 9.17) is 5.26 Å². The van der Waals surface area contributed by atoms with Gasteiger partial charge in [-0.3, -0.25) is 9.88 Å². The highest BCUT2D eigenvalue weighted by Crippen LogP contribution is 2.46. The Morgan fingerprint density at radius 1 is 1.32 bits per heavy atom. The van der Waals surface area contributed by atoms with Gasteiger partial charge in [-0.1, -0.05) is 0 Å². The molecule has 5 heteroatoms. The summed E-state index contributed by atoms with van der Waals surface area (Å²) in [5, 5.41) is 19.0. The molecule has 2 fully saturated rings. The van der Waals surface area contributed by atoms with Crippen LogP contribution in [0.15, 0.2) is 18.5 Å². The number of rotatable bonds is 4. The van der Waals surface area contributed by atoms with Gasteiger partial charge in [0.2, 0.25) is 0 Å². The summed E-state index contributed by atoms with van der Waals surface area (Å²) in [7, 11) is 0. The molecule has 0 N–H and O–H groups in total. The summed E-state index contributed by atoms with van der Waals surface area (Å²) < 4.78 is 0. The minimum Gasteiger partial charge on any atom is -0.296 e. The molecule has 22 heavy (non-hydrogen) atoms. The van der Waals surface area contributed by atoms with E-state index in [0.29, 0.717) is 17.6 Å². The summed E-state index contributed by atoms with van der Waals surface area (Å²) in [5.41, 5.74) is 1.00. The molecular formula is C17H20N4S. The number of nitriles is 2. The van der Waals surface area contributed by atoms with Gasteiger partial charge < -0.3 is 0 Å². The zero-order valence-corrected chi connectivity index (χ0v) is 13.6. The zero-order valence-electron chi connectivity index (χ0n) is 12.8. The molecular weight excluding hydrogens is 292 g/mol. The summed E-state index contributed by atoms with van der Waals surface area (Å²) in [5.74, 6) is 1.15. The van der Waals surface area contributed by atoms with Crippen molar-refractivity contribution in [3.8, 4) is 12.1 Å². The number of hydrogen-bond acceptors (Lipinski definition) is 5. The van der Waals surface area contributed by atoms with Crippen LogP contribution < -0.4 is 0 Å². The molecule has 0 radical (unpaired) electrons. The highest BCUT2D eigenvalue weighted by atomic mass is 32.2. The largest absolute Gasteiger partial charge is 0.296 e. The fourth-order valence-corrected chi connectivity index (χ4v) is 4.45. The van der Waals surface area contributed by atoms with Crippen molar-refractivity contribution in [2.24, 2.45) is 0 Å². The van der Waals surface area contributed by atoms with Crippen molar-refractivity contribution in [1.82, 2.24) is 9.88 Å². The smallest absolute Gasteiger partial charge is 0.101 e. The highest BCUT2D eigenvalue weighted by molar-refractivity contribution is 7.98. The third kappa shape index (κ3) is 2.60. The molecule has 2 bridgehead atoms. The molecule has 0 aliphatic carbocycles. The van der Waals surface area contributed by atoms with Crippen LogP contribution in [0.1, 0.15) is 36.8 Å². The summed E-state index contributed by atoms with van der Waals surface area (Å²) in [6.07, 6.45) is 9.60. The van der Waals surface area contributed by atoms with Crippen LogP contribution in [-0.2, 0) is 5.41 Å². The number of piperidine rings is 1. The van der Waals surface area contributed by atoms with E-state index in [9.17, 15) is 5.26 Å². The van der Waals surface area contributed by atoms with Gasteiger partial charge in [-0.15, -0.1) is 0 Å². The standard InChI is InChI=1S/C17H20N4S/c1-22-5-4-21-15-2-3-16(21)8-17(7-15,12-19)14-6-13(9-18)10-20-11-14/h6,10-11,15-16H,2-5,7-8H2,1H3. The number of hydrogen-bond donors (Lipinski definition) is 0. The molecule has 2 aliphatic heterocycles. The number of fused-ring (bicyclic) bond motifs is 2. The molecule has 3 rings (SSSR count). The van der Waals surface area contributed by atoms with Crippen molar-refractivity contribution in [3.05, 3.63) is 29.6 Å². The minimum atomic E-state index is -0.471. The second-order valence-electron chi connectivity index (χ2n) is 6.29. The fourth-order valence-electron chi connectivity index (χ4n) is 4.06. The van der Waals surface area contributed by atoms with Crippen LogP contribution in [-0.4, -0.2) is 40.5 Å². The van der Waals surface area contributed by atoms with Gasteiger partial charge in [-0.2, -0.15) is 22.3 Å². The molecule has 1 aromatic rings. The number of aromatic nitrogens is 1. The predicted octanol–water partition coefficient (Wildman–Crippen LogP) is 2.70. The molecule has 4 nitrogen and oxygen atoms in total. The van der Waals surface area contributed by atoms with Gasteiger partial charge in [-0.05, 0) is 43.6 Å². The van der Waals surface area contributed by atoms with Gasteiger partial charge >= 0.3 is 0 Å². The lowest BCUT2D eigenvalue weighted by Gasteiger charge is -2.43. The number of thioether (sulfide) groups is 1. The van der Waals surface area contributed by atoms with Crippen molar-refractivity contribution < 1.29 is 0 Å². The van der Waals surface area contributed by atoms with Crippen molar-refractivity contribution in [3.63, 3.8) is 0 Å². The van der Waals surface area contributed by atoms with E-state index in [1.54, 1.807) is 12.4 Å². The molecule has 0 spiro atoms. The number of pyridine rings is 1. The van der Waals surface area contributed by atoms with Crippen molar-refractivity contribution in [2.75, 3.05) is 18.6 Å². The fraction of sp³-hybridized carbons (Fsp3) is 0.588. The first-order valence-electron chi connectivity index (χ1n) is 7.74. The minimum absolute atomic E-state index is 0.471. The maximum absolute atomic E-state index is 9.90. The van der Waals surface area contributed by atoms with Crippen LogP contribution in [0.4, 0.5) is 0 Å². The zero-order chi connectivity index (χ0) is 15.6. The molecule has 0 aromatic carbocycles. The Balaban J connectivity index is 1.88. The van der Waals surface area contributed by atoms with Gasteiger partial charge in [0.15, 0.2) is 0 Å². The average Bonchev–Trinajstić information content (AvgIpc) is 2.81. The Morgan fingerprint density at radius 2 is 2.05 bits per heavy atom. The monoisotopic (exact) mass is 312 g/mol. The average molecular weight is 312 g/mol. The third-order valence-electron chi connectivity index (χ3n) is 5.13. The van der Waals surface area contributed by atoms with E-state index in [0.717, 1.165) is 30.7 Å². The SMILES string of the molecule is CSCCN1C2CCC1CC(C#N)(c1cncc(C#N)c1)C2. The molecule has 2 unspecified atom stereocenters. The Hall–Kier alpha value is -1.56. The second kappa shape index (κ2) is 6.28. The van der Waals surface area contributed by atoms with E-state index in [2.05, 4.69) is 28.3 Å². The second-order valence-corrected chi connectivity index (χ2v) is 7.28. The van der Waals surface area contributed by atoms with Crippen LogP contribution in [0.5, 0.6) is 0 Å². The van der Waals surface area contributed by atoms with Crippen LogP contribution in [0.25, 0.3) is 0 Å². The lowest BCUT2D eigenvalue weighted by molar-refractivity contribution is 0.113. The van der Waals surface area contributed by atoms with Crippen molar-refractivity contribution in [2.45, 2.75) is 43.2 Å². The van der Waals surface area contributed by atoms with Gasteiger partial charge in [0.25, 0.3) is 0 Å². The molecule has 2 atom stereocenters. The van der Waals surface area contributed by atoms with Crippen LogP contribution in [0.3, 0.4) is 0 Å². The molecule has 114 valence electrons. The van der Waals surface area contributed by atoms with E-state index in [1.165, 1.54) is 12.8 Å². The van der Waals surface area contributed by atoms with Gasteiger partial charge in [-0.25, -0.2) is 0 Å². The first-order chi connectivity index (χ1) is 10.7. The molecule has 2 saturated heterocycles. The van der Waals surface area contributed by atoms with E-state index < -0.39 is 5.41 Å². The van der Waals surface area contributed by atoms with E-state index in [-0.39, 0.29) is 0 Å². The molecule has 1 aromatic heterocycles. The first-order valence-corrected chi connectivity index (χ1v) is 9.13. The van der Waals surface area contributed by atoms with Crippen LogP contribution >= 0.6 is 11.8 Å². The lowest BCUT2D eigenvalue weighted by atomic mass is 9.71. The molecule has 2 aliphatic rings. The van der Waals surface area contributed by atoms with E-state index >= 15 is 0 Å². The maximum Gasteiger partial charge on any atom is 0.101 e. The van der Waals surface area contributed by atoms with E-state index in [1.807, 2.05) is 17.8 Å². The van der Waals surface area contributed by atoms with Crippen LogP contribution in [0.2, 0.25) is 0 Å². The summed E-state index contributed by atoms with van der Waals surface area (Å²) >= 11 is 1.88. The molecule has 0 saturated carbocycles. The molecule has 0 amide bonds. The predicted molar refractivity (Wildman–Crippen MR) is 87.4 cm³/mol. The lowest BCUT2D eigenvalue weighted by Crippen LogP contribution is -2.49. The normalized spacial score (nSPS) is 30.7. The quantitative estimate of drug-likeness (QED) is 0.855. The van der Waals surface area contributed by atoms with Crippen molar-refractivity contribution >= 4 is 11.8 Å².